The van der Waals surface area contributed by atoms with E-state index in [-0.39, 0.29) is 0 Å². The minimum absolute atomic E-state index is 0.840. The molecule has 0 saturated heterocycles. The van der Waals surface area contributed by atoms with Crippen molar-refractivity contribution in [3.05, 3.63) is 84.4 Å². The van der Waals surface area contributed by atoms with E-state index < -0.39 is 0 Å². The fourth-order valence-electron chi connectivity index (χ4n) is 3.68. The number of nitrogens with zero attached hydrogens (tertiary/aromatic N) is 1. The summed E-state index contributed by atoms with van der Waals surface area (Å²) in [4.78, 5) is 4.65. The summed E-state index contributed by atoms with van der Waals surface area (Å²) >= 11 is 0. The zero-order valence-corrected chi connectivity index (χ0v) is 14.4. The minimum Gasteiger partial charge on any atom is -0.497 e. The van der Waals surface area contributed by atoms with E-state index in [1.807, 2.05) is 30.5 Å². The van der Waals surface area contributed by atoms with Gasteiger partial charge < -0.3 is 4.74 Å². The quantitative estimate of drug-likeness (QED) is 0.278. The van der Waals surface area contributed by atoms with E-state index in [9.17, 15) is 0 Å². The van der Waals surface area contributed by atoms with Gasteiger partial charge in [0.2, 0.25) is 0 Å². The maximum Gasteiger partial charge on any atom is 0.119 e. The molecule has 0 amide bonds. The lowest BCUT2D eigenvalue weighted by Crippen LogP contribution is -1.89. The van der Waals surface area contributed by atoms with Crippen LogP contribution in [0.4, 0.5) is 5.69 Å². The van der Waals surface area contributed by atoms with Gasteiger partial charge in [-0.25, -0.2) is 0 Å². The van der Waals surface area contributed by atoms with Gasteiger partial charge in [-0.05, 0) is 56.6 Å². The summed E-state index contributed by atoms with van der Waals surface area (Å²) in [5, 5.41) is 7.73. The Morgan fingerprint density at radius 3 is 2.08 bits per heavy atom. The van der Waals surface area contributed by atoms with Crippen molar-refractivity contribution in [2.75, 3.05) is 7.11 Å². The molecular weight excluding hydrogens is 318 g/mol. The maximum absolute atomic E-state index is 5.20. The lowest BCUT2D eigenvalue weighted by molar-refractivity contribution is 0.415. The monoisotopic (exact) mass is 335 g/mol. The Morgan fingerprint density at radius 1 is 0.692 bits per heavy atom. The van der Waals surface area contributed by atoms with Crippen molar-refractivity contribution < 1.29 is 4.74 Å². The molecule has 0 spiro atoms. The van der Waals surface area contributed by atoms with Gasteiger partial charge in [0.15, 0.2) is 0 Å². The van der Waals surface area contributed by atoms with Crippen molar-refractivity contribution in [2.45, 2.75) is 0 Å². The van der Waals surface area contributed by atoms with Crippen molar-refractivity contribution in [3.8, 4) is 5.75 Å². The maximum atomic E-state index is 5.20. The van der Waals surface area contributed by atoms with E-state index in [1.165, 1.54) is 32.3 Å². The van der Waals surface area contributed by atoms with Gasteiger partial charge in [-0.3, -0.25) is 4.99 Å². The number of ether oxygens (including phenoxy) is 1. The molecule has 124 valence electrons. The van der Waals surface area contributed by atoms with E-state index in [4.69, 9.17) is 4.74 Å². The van der Waals surface area contributed by atoms with Gasteiger partial charge in [0.25, 0.3) is 0 Å². The summed E-state index contributed by atoms with van der Waals surface area (Å²) in [6.45, 7) is 0. The molecule has 0 aromatic heterocycles. The molecule has 5 rings (SSSR count). The van der Waals surface area contributed by atoms with Gasteiger partial charge in [-0.2, -0.15) is 0 Å². The molecule has 5 aromatic carbocycles. The van der Waals surface area contributed by atoms with Crippen LogP contribution in [0.15, 0.2) is 83.9 Å². The largest absolute Gasteiger partial charge is 0.497 e. The number of hydrogen-bond acceptors (Lipinski definition) is 2. The summed E-state index contributed by atoms with van der Waals surface area (Å²) in [5.74, 6) is 0.840. The Hall–Kier alpha value is -3.39. The van der Waals surface area contributed by atoms with Gasteiger partial charge >= 0.3 is 0 Å². The molecule has 0 saturated carbocycles. The van der Waals surface area contributed by atoms with Crippen molar-refractivity contribution in [2.24, 2.45) is 4.99 Å². The predicted molar refractivity (Wildman–Crippen MR) is 110 cm³/mol. The fraction of sp³-hybridized carbons (Fsp3) is 0.0417. The third-order valence-corrected chi connectivity index (χ3v) is 4.99. The molecule has 0 N–H and O–H groups in total. The first-order valence-corrected chi connectivity index (χ1v) is 8.68. The first kappa shape index (κ1) is 14.9. The van der Waals surface area contributed by atoms with Crippen LogP contribution in [0.2, 0.25) is 0 Å². The van der Waals surface area contributed by atoms with Crippen LogP contribution in [-0.2, 0) is 0 Å². The highest BCUT2D eigenvalue weighted by Gasteiger charge is 2.09. The third kappa shape index (κ3) is 2.31. The van der Waals surface area contributed by atoms with Crippen LogP contribution in [0.5, 0.6) is 5.75 Å². The number of benzene rings is 5. The molecule has 0 unspecified atom stereocenters. The molecular formula is C24H17NO. The highest BCUT2D eigenvalue weighted by atomic mass is 16.5. The Kier molecular flexibility index (Phi) is 3.36. The van der Waals surface area contributed by atoms with Crippen LogP contribution in [0.25, 0.3) is 32.3 Å². The molecule has 0 aliphatic carbocycles. The standard InChI is InChI=1S/C24H17NO/c1-26-21-12-10-20(11-13-21)25-15-19-8-7-18-6-5-16-3-2-4-17-9-14-22(19)24(18)23(16)17/h2-15H,1H3. The van der Waals surface area contributed by atoms with Crippen molar-refractivity contribution >= 4 is 44.2 Å². The Balaban J connectivity index is 1.69. The van der Waals surface area contributed by atoms with E-state index in [0.29, 0.717) is 0 Å². The Labute approximate surface area is 151 Å². The molecule has 26 heavy (non-hydrogen) atoms. The summed E-state index contributed by atoms with van der Waals surface area (Å²) in [5.41, 5.74) is 2.04. The average Bonchev–Trinajstić information content (AvgIpc) is 2.71. The zero-order chi connectivity index (χ0) is 17.5. The number of methoxy groups -OCH3 is 1. The molecule has 0 aliphatic heterocycles. The first-order chi connectivity index (χ1) is 12.8. The van der Waals surface area contributed by atoms with Crippen LogP contribution in [0.1, 0.15) is 5.56 Å². The smallest absolute Gasteiger partial charge is 0.119 e. The van der Waals surface area contributed by atoms with Crippen LogP contribution in [0.3, 0.4) is 0 Å². The SMILES string of the molecule is COc1ccc(N=Cc2ccc3ccc4cccc5ccc2c3c45)cc1. The van der Waals surface area contributed by atoms with Crippen molar-refractivity contribution in [1.82, 2.24) is 0 Å². The minimum atomic E-state index is 0.840. The Morgan fingerprint density at radius 2 is 1.35 bits per heavy atom. The molecule has 5 aromatic rings. The fourth-order valence-corrected chi connectivity index (χ4v) is 3.68. The molecule has 2 nitrogen and oxygen atoms in total. The molecule has 0 atom stereocenters. The van der Waals surface area contributed by atoms with Crippen LogP contribution in [0, 0.1) is 0 Å². The second-order valence-corrected chi connectivity index (χ2v) is 6.47. The number of aliphatic imine (C=N–C) groups is 1. The molecule has 0 bridgehead atoms. The second kappa shape index (κ2) is 5.85. The summed E-state index contributed by atoms with van der Waals surface area (Å²) in [6, 6.07) is 27.4. The highest BCUT2D eigenvalue weighted by Crippen LogP contribution is 2.35. The molecule has 2 heteroatoms. The normalized spacial score (nSPS) is 11.9. The van der Waals surface area contributed by atoms with Gasteiger partial charge in [0, 0.05) is 11.8 Å². The third-order valence-electron chi connectivity index (χ3n) is 4.99. The van der Waals surface area contributed by atoms with Crippen LogP contribution >= 0.6 is 0 Å². The summed E-state index contributed by atoms with van der Waals surface area (Å²) < 4.78 is 5.20. The second-order valence-electron chi connectivity index (χ2n) is 6.47. The molecule has 0 heterocycles. The highest BCUT2D eigenvalue weighted by molar-refractivity contribution is 6.25. The molecule has 0 aliphatic rings. The zero-order valence-electron chi connectivity index (χ0n) is 14.4. The topological polar surface area (TPSA) is 21.6 Å². The predicted octanol–water partition coefficient (Wildman–Crippen LogP) is 6.34. The van der Waals surface area contributed by atoms with E-state index in [2.05, 4.69) is 59.6 Å². The molecule has 0 fully saturated rings. The first-order valence-electron chi connectivity index (χ1n) is 8.68. The lowest BCUT2D eigenvalue weighted by atomic mass is 9.92. The van der Waals surface area contributed by atoms with E-state index in [1.54, 1.807) is 7.11 Å². The van der Waals surface area contributed by atoms with E-state index >= 15 is 0 Å². The lowest BCUT2D eigenvalue weighted by Gasteiger charge is -2.12. The van der Waals surface area contributed by atoms with Gasteiger partial charge in [-0.1, -0.05) is 54.6 Å². The Bertz CT molecular complexity index is 1240. The van der Waals surface area contributed by atoms with Gasteiger partial charge in [0.05, 0.1) is 12.8 Å². The average molecular weight is 335 g/mol. The summed E-state index contributed by atoms with van der Waals surface area (Å²) in [6.07, 6.45) is 1.95. The van der Waals surface area contributed by atoms with Crippen LogP contribution < -0.4 is 4.74 Å². The number of rotatable bonds is 3. The van der Waals surface area contributed by atoms with Crippen molar-refractivity contribution in [3.63, 3.8) is 0 Å². The van der Waals surface area contributed by atoms with Crippen molar-refractivity contribution in [1.29, 1.82) is 0 Å². The van der Waals surface area contributed by atoms with E-state index in [0.717, 1.165) is 17.0 Å². The molecule has 0 radical (unpaired) electrons. The van der Waals surface area contributed by atoms with Gasteiger partial charge in [-0.15, -0.1) is 0 Å². The summed E-state index contributed by atoms with van der Waals surface area (Å²) in [7, 11) is 1.67. The number of hydrogen-bond donors (Lipinski definition) is 0. The van der Waals surface area contributed by atoms with Crippen LogP contribution in [-0.4, -0.2) is 13.3 Å². The van der Waals surface area contributed by atoms with Gasteiger partial charge in [0.1, 0.15) is 5.75 Å².